The van der Waals surface area contributed by atoms with Crippen LogP contribution in [-0.4, -0.2) is 14.2 Å². The topological polar surface area (TPSA) is 21.3 Å². The Labute approximate surface area is 110 Å². The summed E-state index contributed by atoms with van der Waals surface area (Å²) in [7, 11) is 3.73. The summed E-state index contributed by atoms with van der Waals surface area (Å²) in [5.74, 6) is 0.972. The van der Waals surface area contributed by atoms with E-state index in [0.717, 1.165) is 5.75 Å². The van der Waals surface area contributed by atoms with E-state index < -0.39 is 0 Å². The molecule has 0 saturated heterocycles. The van der Waals surface area contributed by atoms with E-state index in [4.69, 9.17) is 4.74 Å². The van der Waals surface area contributed by atoms with Crippen molar-refractivity contribution in [2.45, 2.75) is 19.9 Å². The van der Waals surface area contributed by atoms with Crippen molar-refractivity contribution in [3.8, 4) is 5.75 Å². The maximum absolute atomic E-state index is 5.41. The number of nitrogens with one attached hydrogen (secondary N) is 1. The van der Waals surface area contributed by atoms with E-state index in [9.17, 15) is 0 Å². The third-order valence-corrected chi connectivity index (χ3v) is 4.95. The van der Waals surface area contributed by atoms with E-state index in [2.05, 4.69) is 30.6 Å². The molecule has 2 heterocycles. The van der Waals surface area contributed by atoms with Crippen molar-refractivity contribution in [3.05, 3.63) is 37.7 Å². The Hall–Kier alpha value is -0.840. The van der Waals surface area contributed by atoms with Crippen LogP contribution < -0.4 is 10.1 Å². The monoisotopic (exact) mass is 267 g/mol. The number of hydrogen-bond acceptors (Lipinski definition) is 4. The van der Waals surface area contributed by atoms with Gasteiger partial charge >= 0.3 is 0 Å². The number of methoxy groups -OCH3 is 1. The van der Waals surface area contributed by atoms with E-state index in [0.29, 0.717) is 0 Å². The molecule has 0 spiro atoms. The molecule has 92 valence electrons. The Bertz CT molecular complexity index is 501. The minimum absolute atomic E-state index is 0.239. The highest BCUT2D eigenvalue weighted by molar-refractivity contribution is 7.13. The molecule has 1 unspecified atom stereocenters. The molecule has 17 heavy (non-hydrogen) atoms. The van der Waals surface area contributed by atoms with Crippen LogP contribution in [0.25, 0.3) is 0 Å². The number of aryl methyl sites for hydroxylation is 2. The second-order valence-electron chi connectivity index (χ2n) is 3.98. The van der Waals surface area contributed by atoms with Gasteiger partial charge in [0.25, 0.3) is 0 Å². The van der Waals surface area contributed by atoms with E-state index in [1.54, 1.807) is 18.4 Å². The van der Waals surface area contributed by atoms with Crippen LogP contribution in [0.5, 0.6) is 5.75 Å². The average Bonchev–Trinajstić information content (AvgIpc) is 2.88. The normalized spacial score (nSPS) is 12.7. The molecule has 0 saturated carbocycles. The Morgan fingerprint density at radius 1 is 1.29 bits per heavy atom. The fourth-order valence-corrected chi connectivity index (χ4v) is 4.22. The van der Waals surface area contributed by atoms with Gasteiger partial charge in [-0.05, 0) is 44.0 Å². The van der Waals surface area contributed by atoms with Crippen LogP contribution in [0.2, 0.25) is 0 Å². The Morgan fingerprint density at radius 2 is 2.06 bits per heavy atom. The van der Waals surface area contributed by atoms with Gasteiger partial charge in [-0.2, -0.15) is 0 Å². The first kappa shape index (κ1) is 12.6. The van der Waals surface area contributed by atoms with Gasteiger partial charge in [0.05, 0.1) is 18.0 Å². The maximum atomic E-state index is 5.41. The van der Waals surface area contributed by atoms with Crippen LogP contribution in [0.1, 0.15) is 26.2 Å². The minimum Gasteiger partial charge on any atom is -0.496 e. The maximum Gasteiger partial charge on any atom is 0.134 e. The van der Waals surface area contributed by atoms with E-state index >= 15 is 0 Å². The molecule has 0 radical (unpaired) electrons. The highest BCUT2D eigenvalue weighted by Gasteiger charge is 2.21. The number of ether oxygens (including phenoxy) is 1. The summed E-state index contributed by atoms with van der Waals surface area (Å²) >= 11 is 3.59. The molecule has 0 aliphatic heterocycles. The van der Waals surface area contributed by atoms with Gasteiger partial charge in [0, 0.05) is 9.75 Å². The molecule has 0 aliphatic rings. The second kappa shape index (κ2) is 5.21. The summed E-state index contributed by atoms with van der Waals surface area (Å²) in [6, 6.07) is 4.51. The van der Waals surface area contributed by atoms with Crippen molar-refractivity contribution in [2.24, 2.45) is 0 Å². The minimum atomic E-state index is 0.239. The largest absolute Gasteiger partial charge is 0.496 e. The third kappa shape index (κ3) is 2.39. The Kier molecular flexibility index (Phi) is 3.86. The van der Waals surface area contributed by atoms with E-state index in [1.807, 2.05) is 24.5 Å². The fraction of sp³-hybridized carbons (Fsp3) is 0.385. The lowest BCUT2D eigenvalue weighted by atomic mass is 10.1. The summed E-state index contributed by atoms with van der Waals surface area (Å²) < 4.78 is 5.41. The summed E-state index contributed by atoms with van der Waals surface area (Å²) in [6.45, 7) is 4.32. The van der Waals surface area contributed by atoms with E-state index in [-0.39, 0.29) is 6.04 Å². The van der Waals surface area contributed by atoms with Gasteiger partial charge in [-0.1, -0.05) is 0 Å². The van der Waals surface area contributed by atoms with Crippen molar-refractivity contribution in [2.75, 3.05) is 14.2 Å². The van der Waals surface area contributed by atoms with E-state index in [1.165, 1.54) is 20.2 Å². The molecule has 2 aromatic heterocycles. The van der Waals surface area contributed by atoms with Gasteiger partial charge in [0.1, 0.15) is 5.75 Å². The quantitative estimate of drug-likeness (QED) is 0.911. The molecule has 2 aromatic rings. The predicted molar refractivity (Wildman–Crippen MR) is 75.6 cm³/mol. The first-order valence-electron chi connectivity index (χ1n) is 5.53. The molecular weight excluding hydrogens is 250 g/mol. The Balaban J connectivity index is 2.43. The van der Waals surface area contributed by atoms with Crippen molar-refractivity contribution < 1.29 is 4.74 Å². The molecular formula is C13H17NOS2. The van der Waals surface area contributed by atoms with Gasteiger partial charge in [0.2, 0.25) is 0 Å². The predicted octanol–water partition coefficient (Wildman–Crippen LogP) is 3.74. The molecule has 0 bridgehead atoms. The Morgan fingerprint density at radius 3 is 2.59 bits per heavy atom. The lowest BCUT2D eigenvalue weighted by Gasteiger charge is -2.16. The molecule has 0 aromatic carbocycles. The molecule has 2 rings (SSSR count). The molecule has 1 N–H and O–H groups in total. The smallest absolute Gasteiger partial charge is 0.134 e. The molecule has 2 nitrogen and oxygen atoms in total. The van der Waals surface area contributed by atoms with Gasteiger partial charge < -0.3 is 10.1 Å². The van der Waals surface area contributed by atoms with Crippen LogP contribution in [-0.2, 0) is 0 Å². The second-order valence-corrected chi connectivity index (χ2v) is 6.21. The van der Waals surface area contributed by atoms with Crippen molar-refractivity contribution in [1.82, 2.24) is 5.32 Å². The summed E-state index contributed by atoms with van der Waals surface area (Å²) in [4.78, 5) is 3.99. The van der Waals surface area contributed by atoms with Crippen molar-refractivity contribution in [1.29, 1.82) is 0 Å². The zero-order valence-electron chi connectivity index (χ0n) is 10.5. The summed E-state index contributed by atoms with van der Waals surface area (Å²) in [5, 5.41) is 5.47. The lowest BCUT2D eigenvalue weighted by molar-refractivity contribution is 0.409. The van der Waals surface area contributed by atoms with Gasteiger partial charge in [-0.25, -0.2) is 0 Å². The standard InChI is InChI=1S/C13H17NOS2/c1-8-7-9(2)17-12(8)11(14-3)13-10(15-4)5-6-16-13/h5-7,11,14H,1-4H3. The molecule has 0 aliphatic carbocycles. The van der Waals surface area contributed by atoms with Crippen LogP contribution in [0.4, 0.5) is 0 Å². The lowest BCUT2D eigenvalue weighted by Crippen LogP contribution is -2.16. The zero-order valence-corrected chi connectivity index (χ0v) is 12.2. The fourth-order valence-electron chi connectivity index (χ4n) is 2.02. The van der Waals surface area contributed by atoms with Crippen molar-refractivity contribution in [3.63, 3.8) is 0 Å². The van der Waals surface area contributed by atoms with Crippen LogP contribution >= 0.6 is 22.7 Å². The SMILES string of the molecule is CNC(c1sc(C)cc1C)c1sccc1OC. The average molecular weight is 267 g/mol. The van der Waals surface area contributed by atoms with Gasteiger partial charge in [0.15, 0.2) is 0 Å². The highest BCUT2D eigenvalue weighted by atomic mass is 32.1. The zero-order chi connectivity index (χ0) is 12.4. The molecule has 1 atom stereocenters. The van der Waals surface area contributed by atoms with Crippen LogP contribution in [0.15, 0.2) is 17.5 Å². The summed E-state index contributed by atoms with van der Waals surface area (Å²) in [6.07, 6.45) is 0. The first-order valence-corrected chi connectivity index (χ1v) is 7.22. The summed E-state index contributed by atoms with van der Waals surface area (Å²) in [5.41, 5.74) is 1.35. The van der Waals surface area contributed by atoms with Crippen molar-refractivity contribution >= 4 is 22.7 Å². The number of hydrogen-bond donors (Lipinski definition) is 1. The molecule has 4 heteroatoms. The van der Waals surface area contributed by atoms with Gasteiger partial charge in [-0.15, -0.1) is 22.7 Å². The highest BCUT2D eigenvalue weighted by Crippen LogP contribution is 2.38. The molecule has 0 amide bonds. The first-order chi connectivity index (χ1) is 8.17. The molecule has 0 fully saturated rings. The third-order valence-electron chi connectivity index (χ3n) is 2.77. The van der Waals surface area contributed by atoms with Crippen LogP contribution in [0.3, 0.4) is 0 Å². The number of thiophene rings is 2. The number of rotatable bonds is 4. The van der Waals surface area contributed by atoms with Gasteiger partial charge in [-0.3, -0.25) is 0 Å². The van der Waals surface area contributed by atoms with Crippen LogP contribution in [0, 0.1) is 13.8 Å².